The van der Waals surface area contributed by atoms with Crippen molar-refractivity contribution in [2.24, 2.45) is 5.73 Å². The molecule has 0 spiro atoms. The van der Waals surface area contributed by atoms with Crippen LogP contribution >= 0.6 is 0 Å². The number of nitrogens with two attached hydrogens (primary N) is 1. The minimum absolute atomic E-state index is 0.0462. The largest absolute Gasteiger partial charge is 0.497 e. The third-order valence-electron chi connectivity index (χ3n) is 6.36. The Kier molecular flexibility index (Phi) is 7.59. The summed E-state index contributed by atoms with van der Waals surface area (Å²) in [6.07, 6.45) is 0. The van der Waals surface area contributed by atoms with E-state index in [1.807, 2.05) is 54.6 Å². The zero-order chi connectivity index (χ0) is 25.5. The maximum Gasteiger partial charge on any atom is 0.122 e. The van der Waals surface area contributed by atoms with Gasteiger partial charge in [0, 0.05) is 11.0 Å². The summed E-state index contributed by atoms with van der Waals surface area (Å²) in [5, 5.41) is 7.47. The smallest absolute Gasteiger partial charge is 0.122 e. The summed E-state index contributed by atoms with van der Waals surface area (Å²) >= 11 is 0. The zero-order valence-corrected chi connectivity index (χ0v) is 21.0. The SMILES string of the molecule is COc1ccc(C(C)(C)c2ccc(OCc3cccc(COc4ccc(C(=N)N)cc4)c3)cc2)cc1. The molecule has 0 fully saturated rings. The van der Waals surface area contributed by atoms with Gasteiger partial charge in [0.2, 0.25) is 0 Å². The van der Waals surface area contributed by atoms with Crippen LogP contribution in [0.25, 0.3) is 0 Å². The molecule has 184 valence electrons. The van der Waals surface area contributed by atoms with Crippen LogP contribution in [-0.4, -0.2) is 12.9 Å². The number of benzene rings is 4. The highest BCUT2D eigenvalue weighted by Crippen LogP contribution is 2.33. The van der Waals surface area contributed by atoms with Gasteiger partial charge in [-0.25, -0.2) is 0 Å². The third kappa shape index (κ3) is 6.05. The van der Waals surface area contributed by atoms with Gasteiger partial charge in [-0.15, -0.1) is 0 Å². The Morgan fingerprint density at radius 2 is 1.14 bits per heavy atom. The highest BCUT2D eigenvalue weighted by Gasteiger charge is 2.23. The Bertz CT molecular complexity index is 1300. The summed E-state index contributed by atoms with van der Waals surface area (Å²) in [4.78, 5) is 0. The maximum atomic E-state index is 7.47. The average molecular weight is 481 g/mol. The van der Waals surface area contributed by atoms with Crippen LogP contribution in [0.3, 0.4) is 0 Å². The van der Waals surface area contributed by atoms with Gasteiger partial charge in [0.25, 0.3) is 0 Å². The van der Waals surface area contributed by atoms with Crippen LogP contribution in [0.5, 0.6) is 17.2 Å². The number of rotatable bonds is 10. The molecule has 0 bridgehead atoms. The first-order valence-corrected chi connectivity index (χ1v) is 11.9. The van der Waals surface area contributed by atoms with E-state index in [0.29, 0.717) is 18.8 Å². The summed E-state index contributed by atoms with van der Waals surface area (Å²) in [6.45, 7) is 5.36. The van der Waals surface area contributed by atoms with Gasteiger partial charge in [0.05, 0.1) is 7.11 Å². The van der Waals surface area contributed by atoms with Gasteiger partial charge in [-0.05, 0) is 76.9 Å². The number of nitrogen functional groups attached to an aromatic ring is 1. The summed E-state index contributed by atoms with van der Waals surface area (Å²) in [7, 11) is 1.68. The number of hydrogen-bond donors (Lipinski definition) is 2. The molecule has 36 heavy (non-hydrogen) atoms. The molecule has 0 aliphatic heterocycles. The lowest BCUT2D eigenvalue weighted by Gasteiger charge is -2.26. The van der Waals surface area contributed by atoms with Gasteiger partial charge in [-0.3, -0.25) is 5.41 Å². The summed E-state index contributed by atoms with van der Waals surface area (Å²) in [6, 6.07) is 31.9. The minimum atomic E-state index is -0.133. The maximum absolute atomic E-state index is 7.47. The zero-order valence-electron chi connectivity index (χ0n) is 21.0. The highest BCUT2D eigenvalue weighted by molar-refractivity contribution is 5.94. The number of methoxy groups -OCH3 is 1. The lowest BCUT2D eigenvalue weighted by Crippen LogP contribution is -2.18. The van der Waals surface area contributed by atoms with E-state index in [2.05, 4.69) is 44.2 Å². The molecular formula is C31H32N2O3. The predicted molar refractivity (Wildman–Crippen MR) is 144 cm³/mol. The molecule has 4 rings (SSSR count). The molecule has 5 heteroatoms. The van der Waals surface area contributed by atoms with Gasteiger partial charge in [0.15, 0.2) is 0 Å². The van der Waals surface area contributed by atoms with E-state index in [1.165, 1.54) is 11.1 Å². The molecule has 0 aliphatic carbocycles. The van der Waals surface area contributed by atoms with Crippen LogP contribution in [0.1, 0.15) is 41.7 Å². The van der Waals surface area contributed by atoms with Crippen molar-refractivity contribution in [2.45, 2.75) is 32.5 Å². The first-order valence-electron chi connectivity index (χ1n) is 11.9. The lowest BCUT2D eigenvalue weighted by atomic mass is 9.78. The van der Waals surface area contributed by atoms with E-state index in [1.54, 1.807) is 19.2 Å². The number of amidine groups is 1. The molecule has 0 aliphatic rings. The standard InChI is InChI=1S/C31H32N2O3/c1-31(2,25-9-15-27(34-3)16-10-25)26-11-17-29(18-12-26)36-21-23-6-4-5-22(19-23)20-35-28-13-7-24(8-14-28)30(32)33/h4-19H,20-21H2,1-3H3,(H3,32,33). The normalized spacial score (nSPS) is 11.1. The van der Waals surface area contributed by atoms with Gasteiger partial charge < -0.3 is 19.9 Å². The second-order valence-electron chi connectivity index (χ2n) is 9.21. The van der Waals surface area contributed by atoms with E-state index in [9.17, 15) is 0 Å². The average Bonchev–Trinajstić information content (AvgIpc) is 2.91. The van der Waals surface area contributed by atoms with Crippen molar-refractivity contribution in [3.63, 3.8) is 0 Å². The van der Waals surface area contributed by atoms with Crippen molar-refractivity contribution in [2.75, 3.05) is 7.11 Å². The number of hydrogen-bond acceptors (Lipinski definition) is 4. The fourth-order valence-corrected chi connectivity index (χ4v) is 4.02. The molecule has 0 heterocycles. The molecule has 0 unspecified atom stereocenters. The van der Waals surface area contributed by atoms with Crippen molar-refractivity contribution in [3.05, 3.63) is 125 Å². The van der Waals surface area contributed by atoms with Crippen molar-refractivity contribution in [3.8, 4) is 17.2 Å². The molecule has 0 atom stereocenters. The molecule has 4 aromatic rings. The van der Waals surface area contributed by atoms with Crippen LogP contribution in [0.15, 0.2) is 97.1 Å². The summed E-state index contributed by atoms with van der Waals surface area (Å²) in [5.74, 6) is 2.47. The second kappa shape index (κ2) is 11.0. The van der Waals surface area contributed by atoms with E-state index < -0.39 is 0 Å². The highest BCUT2D eigenvalue weighted by atomic mass is 16.5. The van der Waals surface area contributed by atoms with Crippen molar-refractivity contribution >= 4 is 5.84 Å². The van der Waals surface area contributed by atoms with Gasteiger partial charge >= 0.3 is 0 Å². The summed E-state index contributed by atoms with van der Waals surface area (Å²) in [5.41, 5.74) is 10.6. The summed E-state index contributed by atoms with van der Waals surface area (Å²) < 4.78 is 17.2. The molecule has 4 aromatic carbocycles. The first kappa shape index (κ1) is 24.9. The van der Waals surface area contributed by atoms with Gasteiger partial charge in [0.1, 0.15) is 36.3 Å². The lowest BCUT2D eigenvalue weighted by molar-refractivity contribution is 0.300. The Hall–Kier alpha value is -4.25. The molecule has 3 N–H and O–H groups in total. The molecular weight excluding hydrogens is 448 g/mol. The van der Waals surface area contributed by atoms with Crippen molar-refractivity contribution in [1.82, 2.24) is 0 Å². The fourth-order valence-electron chi connectivity index (χ4n) is 4.02. The fraction of sp³-hybridized carbons (Fsp3) is 0.194. The second-order valence-corrected chi connectivity index (χ2v) is 9.21. The van der Waals surface area contributed by atoms with Crippen molar-refractivity contribution < 1.29 is 14.2 Å². The quantitative estimate of drug-likeness (QED) is 0.202. The molecule has 0 amide bonds. The topological polar surface area (TPSA) is 77.6 Å². The van der Waals surface area contributed by atoms with Gasteiger partial charge in [-0.1, -0.05) is 56.3 Å². The molecule has 0 saturated carbocycles. The van der Waals surface area contributed by atoms with E-state index in [-0.39, 0.29) is 11.3 Å². The van der Waals surface area contributed by atoms with Crippen LogP contribution in [0.4, 0.5) is 0 Å². The van der Waals surface area contributed by atoms with E-state index in [0.717, 1.165) is 28.4 Å². The Morgan fingerprint density at radius 3 is 1.58 bits per heavy atom. The molecule has 0 saturated heterocycles. The number of nitrogens with one attached hydrogen (secondary N) is 1. The third-order valence-corrected chi connectivity index (χ3v) is 6.36. The van der Waals surface area contributed by atoms with E-state index in [4.69, 9.17) is 25.4 Å². The Labute approximate surface area is 213 Å². The van der Waals surface area contributed by atoms with Crippen LogP contribution in [0.2, 0.25) is 0 Å². The van der Waals surface area contributed by atoms with E-state index >= 15 is 0 Å². The molecule has 5 nitrogen and oxygen atoms in total. The van der Waals surface area contributed by atoms with Crippen LogP contribution in [-0.2, 0) is 18.6 Å². The number of ether oxygens (including phenoxy) is 3. The molecule has 0 radical (unpaired) electrons. The van der Waals surface area contributed by atoms with Gasteiger partial charge in [-0.2, -0.15) is 0 Å². The van der Waals surface area contributed by atoms with Crippen molar-refractivity contribution in [1.29, 1.82) is 5.41 Å². The van der Waals surface area contributed by atoms with Crippen LogP contribution < -0.4 is 19.9 Å². The monoisotopic (exact) mass is 480 g/mol. The predicted octanol–water partition coefficient (Wildman–Crippen LogP) is 6.46. The first-order chi connectivity index (χ1) is 17.3. The molecule has 0 aromatic heterocycles. The van der Waals surface area contributed by atoms with Crippen LogP contribution in [0, 0.1) is 5.41 Å². The Balaban J connectivity index is 1.34. The Morgan fingerprint density at radius 1 is 0.694 bits per heavy atom. The minimum Gasteiger partial charge on any atom is -0.497 e.